The number of rotatable bonds is 6. The molecule has 22 heavy (non-hydrogen) atoms. The van der Waals surface area contributed by atoms with Crippen molar-refractivity contribution in [2.24, 2.45) is 0 Å². The maximum atomic E-state index is 12.7. The van der Waals surface area contributed by atoms with Crippen molar-refractivity contribution in [2.45, 2.75) is 29.9 Å². The molecule has 1 aromatic rings. The summed E-state index contributed by atoms with van der Waals surface area (Å²) in [4.78, 5) is 24.1. The number of carboxylic acids is 1. The highest BCUT2D eigenvalue weighted by Gasteiger charge is 2.44. The molecule has 1 amide bonds. The maximum absolute atomic E-state index is 12.7. The molecule has 0 aliphatic rings. The number of amides is 1. The topological polar surface area (TPSA) is 91.8 Å². The molecule has 0 saturated heterocycles. The van der Waals surface area contributed by atoms with Crippen LogP contribution in [0.1, 0.15) is 20.3 Å². The number of carbonyl (C=O) groups excluding carboxylic acids is 1. The molecule has 0 heterocycles. The quantitative estimate of drug-likeness (QED) is 0.799. The van der Waals surface area contributed by atoms with Crippen LogP contribution in [0.2, 0.25) is 0 Å². The zero-order valence-corrected chi connectivity index (χ0v) is 14.9. The molecule has 0 bridgehead atoms. The third kappa shape index (κ3) is 3.86. The maximum Gasteiger partial charge on any atom is 0.305 e. The Balaban J connectivity index is 3.07. The van der Waals surface area contributed by atoms with E-state index in [1.54, 1.807) is 12.1 Å². The molecule has 0 aliphatic carbocycles. The summed E-state index contributed by atoms with van der Waals surface area (Å²) in [6, 6.07) is 6.01. The van der Waals surface area contributed by atoms with Crippen LogP contribution in [0.25, 0.3) is 0 Å². The summed E-state index contributed by atoms with van der Waals surface area (Å²) in [5.41, 5.74) is 0. The predicted octanol–water partition coefficient (Wildman–Crippen LogP) is 1.93. The summed E-state index contributed by atoms with van der Waals surface area (Å²) in [6.45, 7) is 2.60. The van der Waals surface area contributed by atoms with Gasteiger partial charge in [0.2, 0.25) is 5.91 Å². The highest BCUT2D eigenvalue weighted by molar-refractivity contribution is 9.10. The van der Waals surface area contributed by atoms with Crippen molar-refractivity contribution >= 4 is 37.6 Å². The Kier molecular flexibility index (Phi) is 5.75. The summed E-state index contributed by atoms with van der Waals surface area (Å²) in [5.74, 6) is -1.69. The first kappa shape index (κ1) is 18.6. The molecule has 0 spiro atoms. The lowest BCUT2D eigenvalue weighted by Crippen LogP contribution is -2.49. The van der Waals surface area contributed by atoms with E-state index in [0.717, 1.165) is 9.37 Å². The minimum atomic E-state index is -3.90. The number of halogens is 1. The molecule has 122 valence electrons. The lowest BCUT2D eigenvalue weighted by Gasteiger charge is -2.29. The molecule has 1 rings (SSSR count). The normalized spacial score (nSPS) is 12.0. The van der Waals surface area contributed by atoms with Gasteiger partial charge in [0.25, 0.3) is 0 Å². The molecule has 0 atom stereocenters. The van der Waals surface area contributed by atoms with Crippen LogP contribution in [-0.2, 0) is 19.4 Å². The molecule has 0 aromatic heterocycles. The second-order valence-corrected chi connectivity index (χ2v) is 8.75. The summed E-state index contributed by atoms with van der Waals surface area (Å²) >= 11 is 3.22. The lowest BCUT2D eigenvalue weighted by molar-refractivity contribution is -0.138. The molecule has 0 unspecified atom stereocenters. The van der Waals surface area contributed by atoms with Gasteiger partial charge in [0.1, 0.15) is 4.75 Å². The van der Waals surface area contributed by atoms with Gasteiger partial charge in [-0.1, -0.05) is 15.9 Å². The number of sulfone groups is 1. The van der Waals surface area contributed by atoms with Gasteiger partial charge in [0.05, 0.1) is 11.3 Å². The van der Waals surface area contributed by atoms with Gasteiger partial charge < -0.3 is 10.0 Å². The van der Waals surface area contributed by atoms with Crippen molar-refractivity contribution in [2.75, 3.05) is 13.6 Å². The van der Waals surface area contributed by atoms with Crippen LogP contribution in [0.3, 0.4) is 0 Å². The summed E-state index contributed by atoms with van der Waals surface area (Å²) < 4.78 is 24.4. The van der Waals surface area contributed by atoms with E-state index in [1.165, 1.54) is 33.0 Å². The van der Waals surface area contributed by atoms with Crippen LogP contribution < -0.4 is 0 Å². The van der Waals surface area contributed by atoms with Gasteiger partial charge in [-0.15, -0.1) is 0 Å². The second-order valence-electron chi connectivity index (χ2n) is 5.34. The van der Waals surface area contributed by atoms with Crippen molar-refractivity contribution in [1.82, 2.24) is 4.90 Å². The zero-order valence-electron chi connectivity index (χ0n) is 12.5. The van der Waals surface area contributed by atoms with E-state index in [0.29, 0.717) is 0 Å². The Bertz CT molecular complexity index is 667. The predicted molar refractivity (Wildman–Crippen MR) is 85.3 cm³/mol. The third-order valence-corrected chi connectivity index (χ3v) is 6.26. The molecular formula is C14H18BrNO5S. The van der Waals surface area contributed by atoms with E-state index in [1.807, 2.05) is 0 Å². The van der Waals surface area contributed by atoms with Crippen LogP contribution in [0.5, 0.6) is 0 Å². The van der Waals surface area contributed by atoms with Crippen molar-refractivity contribution in [3.8, 4) is 0 Å². The highest BCUT2D eigenvalue weighted by atomic mass is 79.9. The van der Waals surface area contributed by atoms with Gasteiger partial charge >= 0.3 is 5.97 Å². The third-order valence-electron chi connectivity index (χ3n) is 3.32. The number of hydrogen-bond donors (Lipinski definition) is 1. The number of benzene rings is 1. The Morgan fingerprint density at radius 1 is 1.23 bits per heavy atom. The average Bonchev–Trinajstić information content (AvgIpc) is 2.44. The van der Waals surface area contributed by atoms with Crippen LogP contribution in [0.4, 0.5) is 0 Å². The minimum Gasteiger partial charge on any atom is -0.481 e. The average molecular weight is 392 g/mol. The van der Waals surface area contributed by atoms with E-state index in [-0.39, 0.29) is 17.9 Å². The smallest absolute Gasteiger partial charge is 0.305 e. The van der Waals surface area contributed by atoms with E-state index < -0.39 is 26.5 Å². The van der Waals surface area contributed by atoms with E-state index in [4.69, 9.17) is 5.11 Å². The van der Waals surface area contributed by atoms with Crippen molar-refractivity contribution in [3.05, 3.63) is 28.7 Å². The fourth-order valence-electron chi connectivity index (χ4n) is 1.85. The van der Waals surface area contributed by atoms with Crippen molar-refractivity contribution in [3.63, 3.8) is 0 Å². The van der Waals surface area contributed by atoms with Crippen molar-refractivity contribution < 1.29 is 23.1 Å². The largest absolute Gasteiger partial charge is 0.481 e. The Hall–Kier alpha value is -1.41. The summed E-state index contributed by atoms with van der Waals surface area (Å²) in [7, 11) is -2.50. The van der Waals surface area contributed by atoms with Gasteiger partial charge in [0.15, 0.2) is 9.84 Å². The second kappa shape index (κ2) is 6.78. The molecule has 6 nitrogen and oxygen atoms in total. The van der Waals surface area contributed by atoms with Crippen LogP contribution >= 0.6 is 15.9 Å². The number of carbonyl (C=O) groups is 2. The first-order valence-corrected chi connectivity index (χ1v) is 8.75. The van der Waals surface area contributed by atoms with E-state index in [9.17, 15) is 18.0 Å². The Labute approximate surface area is 138 Å². The van der Waals surface area contributed by atoms with Gasteiger partial charge in [-0.05, 0) is 38.1 Å². The molecule has 1 aromatic carbocycles. The van der Waals surface area contributed by atoms with Gasteiger partial charge in [0, 0.05) is 18.1 Å². The van der Waals surface area contributed by atoms with Crippen LogP contribution in [0.15, 0.2) is 33.6 Å². The fourth-order valence-corrected chi connectivity index (χ4v) is 3.58. The van der Waals surface area contributed by atoms with E-state index >= 15 is 0 Å². The van der Waals surface area contributed by atoms with Gasteiger partial charge in [-0.3, -0.25) is 9.59 Å². The number of carboxylic acid groups (broad SMARTS) is 1. The number of aliphatic carboxylic acids is 1. The van der Waals surface area contributed by atoms with Crippen molar-refractivity contribution in [1.29, 1.82) is 0 Å². The summed E-state index contributed by atoms with van der Waals surface area (Å²) in [6.07, 6.45) is -0.239. The molecule has 0 aliphatic heterocycles. The first-order chi connectivity index (χ1) is 10.00. The Morgan fingerprint density at radius 2 is 1.73 bits per heavy atom. The SMILES string of the molecule is CN(CCC(=O)O)C(=O)C(C)(C)S(=O)(=O)c1ccc(Br)cc1. The Morgan fingerprint density at radius 3 is 2.18 bits per heavy atom. The van der Waals surface area contributed by atoms with E-state index in [2.05, 4.69) is 15.9 Å². The first-order valence-electron chi connectivity index (χ1n) is 6.47. The van der Waals surface area contributed by atoms with Gasteiger partial charge in [-0.2, -0.15) is 0 Å². The minimum absolute atomic E-state index is 0.0423. The number of nitrogens with zero attached hydrogens (tertiary/aromatic N) is 1. The molecule has 0 radical (unpaired) electrons. The van der Waals surface area contributed by atoms with Crippen LogP contribution in [-0.4, -0.2) is 48.6 Å². The molecule has 1 N–H and O–H groups in total. The van der Waals surface area contributed by atoms with Gasteiger partial charge in [-0.25, -0.2) is 8.42 Å². The highest BCUT2D eigenvalue weighted by Crippen LogP contribution is 2.28. The molecule has 8 heteroatoms. The zero-order chi connectivity index (χ0) is 17.1. The lowest BCUT2D eigenvalue weighted by atomic mass is 10.2. The standard InChI is InChI=1S/C14H18BrNO5S/c1-14(2,13(19)16(3)9-8-12(17)18)22(20,21)11-6-4-10(15)5-7-11/h4-7H,8-9H2,1-3H3,(H,17,18). The summed E-state index contributed by atoms with van der Waals surface area (Å²) in [5, 5.41) is 8.65. The molecule has 0 fully saturated rings. The molecular weight excluding hydrogens is 374 g/mol. The monoisotopic (exact) mass is 391 g/mol. The van der Waals surface area contributed by atoms with Crippen LogP contribution in [0, 0.1) is 0 Å². The fraction of sp³-hybridized carbons (Fsp3) is 0.429. The number of hydrogen-bond acceptors (Lipinski definition) is 4. The molecule has 0 saturated carbocycles.